The van der Waals surface area contributed by atoms with Crippen molar-refractivity contribution in [2.24, 2.45) is 4.99 Å². The lowest BCUT2D eigenvalue weighted by Crippen LogP contribution is -2.45. The molecule has 1 aromatic carbocycles. The van der Waals surface area contributed by atoms with Crippen LogP contribution in [0.4, 0.5) is 0 Å². The zero-order chi connectivity index (χ0) is 17.6. The number of para-hydroxylation sites is 1. The molecule has 2 saturated heterocycles. The van der Waals surface area contributed by atoms with Crippen LogP contribution in [0.2, 0.25) is 5.02 Å². The van der Waals surface area contributed by atoms with Crippen molar-refractivity contribution in [3.05, 3.63) is 29.3 Å². The molecular weight excluding hydrogens is 463 g/mol. The van der Waals surface area contributed by atoms with Crippen LogP contribution in [-0.4, -0.2) is 67.7 Å². The quantitative estimate of drug-likeness (QED) is 0.388. The summed E-state index contributed by atoms with van der Waals surface area (Å²) in [5, 5.41) is 4.10. The Labute approximate surface area is 179 Å². The lowest BCUT2D eigenvalue weighted by atomic mass is 10.2. The van der Waals surface area contributed by atoms with Gasteiger partial charge in [0.05, 0.1) is 11.6 Å². The highest BCUT2D eigenvalue weighted by Gasteiger charge is 2.30. The molecule has 2 unspecified atom stereocenters. The number of ether oxygens (including phenoxy) is 1. The third kappa shape index (κ3) is 5.63. The molecule has 2 aliphatic rings. The smallest absolute Gasteiger partial charge is 0.193 e. The molecule has 7 heteroatoms. The highest BCUT2D eigenvalue weighted by Crippen LogP contribution is 2.24. The molecule has 3 rings (SSSR count). The van der Waals surface area contributed by atoms with Crippen LogP contribution in [0.3, 0.4) is 0 Å². The van der Waals surface area contributed by atoms with Crippen LogP contribution in [0.1, 0.15) is 26.2 Å². The Bertz CT molecular complexity index is 595. The number of guanidine groups is 1. The Kier molecular flexibility index (Phi) is 8.76. The maximum Gasteiger partial charge on any atom is 0.193 e. The van der Waals surface area contributed by atoms with E-state index in [1.807, 2.05) is 38.2 Å². The fourth-order valence-electron chi connectivity index (χ4n) is 3.71. The van der Waals surface area contributed by atoms with E-state index < -0.39 is 0 Å². The monoisotopic (exact) mass is 492 g/mol. The molecule has 146 valence electrons. The summed E-state index contributed by atoms with van der Waals surface area (Å²) in [5.41, 5.74) is 0. The van der Waals surface area contributed by atoms with E-state index >= 15 is 0 Å². The van der Waals surface area contributed by atoms with Gasteiger partial charge in [0.1, 0.15) is 11.9 Å². The number of hydrogen-bond acceptors (Lipinski definition) is 3. The molecule has 0 saturated carbocycles. The number of hydrogen-bond donors (Lipinski definition) is 1. The van der Waals surface area contributed by atoms with Crippen molar-refractivity contribution in [3.8, 4) is 5.75 Å². The van der Waals surface area contributed by atoms with Crippen LogP contribution in [0.25, 0.3) is 0 Å². The van der Waals surface area contributed by atoms with Crippen molar-refractivity contribution in [2.75, 3.05) is 39.8 Å². The lowest BCUT2D eigenvalue weighted by molar-refractivity contribution is 0.221. The van der Waals surface area contributed by atoms with Crippen LogP contribution in [0.15, 0.2) is 29.3 Å². The molecule has 26 heavy (non-hydrogen) atoms. The second kappa shape index (κ2) is 10.6. The Morgan fingerprint density at radius 2 is 2.04 bits per heavy atom. The summed E-state index contributed by atoms with van der Waals surface area (Å²) in [6.07, 6.45) is 3.93. The molecule has 0 aliphatic carbocycles. The van der Waals surface area contributed by atoms with E-state index in [0.717, 1.165) is 24.8 Å². The Morgan fingerprint density at radius 3 is 2.73 bits per heavy atom. The Balaban J connectivity index is 0.00000243. The lowest BCUT2D eigenvalue weighted by Gasteiger charge is -2.26. The van der Waals surface area contributed by atoms with Crippen molar-refractivity contribution >= 4 is 41.5 Å². The molecule has 5 nitrogen and oxygen atoms in total. The van der Waals surface area contributed by atoms with Gasteiger partial charge < -0.3 is 15.0 Å². The highest BCUT2D eigenvalue weighted by molar-refractivity contribution is 14.0. The number of nitrogens with one attached hydrogen (secondary N) is 1. The number of halogens is 2. The summed E-state index contributed by atoms with van der Waals surface area (Å²) in [4.78, 5) is 9.46. The van der Waals surface area contributed by atoms with E-state index in [1.54, 1.807) is 0 Å². The van der Waals surface area contributed by atoms with Crippen molar-refractivity contribution in [2.45, 2.75) is 38.3 Å². The molecule has 2 heterocycles. The molecule has 2 aliphatic heterocycles. The molecule has 1 aromatic rings. The molecule has 0 aromatic heterocycles. The first kappa shape index (κ1) is 21.6. The first-order valence-electron chi connectivity index (χ1n) is 9.28. The molecule has 2 fully saturated rings. The van der Waals surface area contributed by atoms with Crippen molar-refractivity contribution in [1.29, 1.82) is 0 Å². The predicted molar refractivity (Wildman–Crippen MR) is 119 cm³/mol. The summed E-state index contributed by atoms with van der Waals surface area (Å²) in [7, 11) is 1.85. The van der Waals surface area contributed by atoms with E-state index in [1.165, 1.54) is 32.4 Å². The molecule has 0 bridgehead atoms. The summed E-state index contributed by atoms with van der Waals surface area (Å²) >= 11 is 6.16. The zero-order valence-corrected chi connectivity index (χ0v) is 18.7. The van der Waals surface area contributed by atoms with Gasteiger partial charge in [-0.2, -0.15) is 0 Å². The third-order valence-corrected chi connectivity index (χ3v) is 5.36. The average molecular weight is 493 g/mol. The first-order chi connectivity index (χ1) is 12.2. The molecule has 0 radical (unpaired) electrons. The largest absolute Gasteiger partial charge is 0.487 e. The second-order valence-electron chi connectivity index (χ2n) is 6.92. The van der Waals surface area contributed by atoms with Crippen LogP contribution >= 0.6 is 35.6 Å². The van der Waals surface area contributed by atoms with Gasteiger partial charge in [0.2, 0.25) is 0 Å². The Hall–Kier alpha value is -0.730. The van der Waals surface area contributed by atoms with Gasteiger partial charge in [-0.25, -0.2) is 0 Å². The van der Waals surface area contributed by atoms with Gasteiger partial charge in [-0.05, 0) is 51.4 Å². The van der Waals surface area contributed by atoms with Gasteiger partial charge in [-0.1, -0.05) is 23.7 Å². The molecule has 1 N–H and O–H groups in total. The van der Waals surface area contributed by atoms with Crippen molar-refractivity contribution in [3.63, 3.8) is 0 Å². The first-order valence-corrected chi connectivity index (χ1v) is 9.66. The van der Waals surface area contributed by atoms with E-state index in [-0.39, 0.29) is 30.1 Å². The van der Waals surface area contributed by atoms with Gasteiger partial charge in [0, 0.05) is 26.2 Å². The molecule has 0 spiro atoms. The number of aliphatic imine (C=N–C) groups is 1. The molecule has 0 amide bonds. The standard InChI is InChI=1S/C19H29ClN4O.HI/c1-15(25-18-8-4-3-7-17(18)20)13-22-19(21-2)24-12-9-16(14-24)23-10-5-6-11-23;/h3-4,7-8,15-16H,5-6,9-14H2,1-2H3,(H,21,22);1H. The van der Waals surface area contributed by atoms with E-state index in [2.05, 4.69) is 20.1 Å². The van der Waals surface area contributed by atoms with Crippen molar-refractivity contribution < 1.29 is 4.74 Å². The third-order valence-electron chi connectivity index (χ3n) is 5.04. The minimum absolute atomic E-state index is 0. The summed E-state index contributed by atoms with van der Waals surface area (Å²) in [6.45, 7) is 7.39. The molecule has 2 atom stereocenters. The van der Waals surface area contributed by atoms with Gasteiger partial charge in [0.15, 0.2) is 5.96 Å². The van der Waals surface area contributed by atoms with Crippen LogP contribution in [-0.2, 0) is 0 Å². The van der Waals surface area contributed by atoms with E-state index in [4.69, 9.17) is 16.3 Å². The minimum atomic E-state index is 0. The van der Waals surface area contributed by atoms with Crippen LogP contribution in [0.5, 0.6) is 5.75 Å². The maximum atomic E-state index is 6.16. The number of benzene rings is 1. The second-order valence-corrected chi connectivity index (χ2v) is 7.33. The van der Waals surface area contributed by atoms with Gasteiger partial charge in [-0.3, -0.25) is 9.89 Å². The SMILES string of the molecule is CN=C(NCC(C)Oc1ccccc1Cl)N1CCC(N2CCCC2)C1.I. The van der Waals surface area contributed by atoms with E-state index in [9.17, 15) is 0 Å². The topological polar surface area (TPSA) is 40.1 Å². The minimum Gasteiger partial charge on any atom is -0.487 e. The highest BCUT2D eigenvalue weighted by atomic mass is 127. The van der Waals surface area contributed by atoms with Gasteiger partial charge in [0.25, 0.3) is 0 Å². The average Bonchev–Trinajstić information content (AvgIpc) is 3.29. The fourth-order valence-corrected chi connectivity index (χ4v) is 3.89. The Morgan fingerprint density at radius 1 is 1.31 bits per heavy atom. The van der Waals surface area contributed by atoms with Crippen LogP contribution in [0, 0.1) is 0 Å². The maximum absolute atomic E-state index is 6.16. The summed E-state index contributed by atoms with van der Waals surface area (Å²) in [6, 6.07) is 8.26. The summed E-state index contributed by atoms with van der Waals surface area (Å²) in [5.74, 6) is 1.69. The fraction of sp³-hybridized carbons (Fsp3) is 0.632. The number of likely N-dealkylation sites (tertiary alicyclic amines) is 2. The van der Waals surface area contributed by atoms with E-state index in [0.29, 0.717) is 17.6 Å². The number of nitrogens with zero attached hydrogens (tertiary/aromatic N) is 3. The van der Waals surface area contributed by atoms with Gasteiger partial charge >= 0.3 is 0 Å². The van der Waals surface area contributed by atoms with Crippen molar-refractivity contribution in [1.82, 2.24) is 15.1 Å². The summed E-state index contributed by atoms with van der Waals surface area (Å²) < 4.78 is 5.93. The van der Waals surface area contributed by atoms with Crippen LogP contribution < -0.4 is 10.1 Å². The zero-order valence-electron chi connectivity index (χ0n) is 15.7. The van der Waals surface area contributed by atoms with Gasteiger partial charge in [-0.15, -0.1) is 24.0 Å². The molecular formula is C19H30ClIN4O. The predicted octanol–water partition coefficient (Wildman–Crippen LogP) is 3.47. The number of rotatable bonds is 5. The normalized spacial score (nSPS) is 22.2.